The molecule has 118 valence electrons. The first-order valence-electron chi connectivity index (χ1n) is 8.46. The molecule has 1 nitrogen and oxygen atoms in total. The van der Waals surface area contributed by atoms with Crippen LogP contribution in [0.25, 0.3) is 44.5 Å². The molecule has 5 rings (SSSR count). The van der Waals surface area contributed by atoms with E-state index in [9.17, 15) is 0 Å². The van der Waals surface area contributed by atoms with E-state index in [-0.39, 0.29) is 0 Å². The molecule has 0 unspecified atom stereocenters. The molecule has 0 bridgehead atoms. The SMILES string of the molecule is c1ccc(-c2cc3oc4ccccc4cc-3c2-c2ccccc2)cc1. The fourth-order valence-electron chi connectivity index (χ4n) is 3.50. The molecule has 1 heteroatoms. The Hall–Kier alpha value is -3.32. The van der Waals surface area contributed by atoms with Crippen LogP contribution in [0.2, 0.25) is 0 Å². The van der Waals surface area contributed by atoms with Crippen molar-refractivity contribution in [2.45, 2.75) is 0 Å². The molecular weight excluding hydrogens is 304 g/mol. The van der Waals surface area contributed by atoms with Crippen LogP contribution < -0.4 is 0 Å². The number of fused-ring (bicyclic) bond motifs is 2. The van der Waals surface area contributed by atoms with Crippen LogP contribution >= 0.6 is 0 Å². The summed E-state index contributed by atoms with van der Waals surface area (Å²) in [4.78, 5) is 0. The van der Waals surface area contributed by atoms with Crippen LogP contribution in [0.3, 0.4) is 0 Å². The summed E-state index contributed by atoms with van der Waals surface area (Å²) in [6.07, 6.45) is 0. The molecule has 3 aromatic carbocycles. The first kappa shape index (κ1) is 14.1. The fourth-order valence-corrected chi connectivity index (χ4v) is 3.50. The second-order valence-corrected chi connectivity index (χ2v) is 6.23. The molecule has 0 spiro atoms. The van der Waals surface area contributed by atoms with Gasteiger partial charge >= 0.3 is 0 Å². The van der Waals surface area contributed by atoms with Crippen molar-refractivity contribution in [2.24, 2.45) is 0 Å². The quantitative estimate of drug-likeness (QED) is 0.346. The average molecular weight is 320 g/mol. The summed E-state index contributed by atoms with van der Waals surface area (Å²) in [6, 6.07) is 33.6. The van der Waals surface area contributed by atoms with Gasteiger partial charge in [-0.2, -0.15) is 0 Å². The summed E-state index contributed by atoms with van der Waals surface area (Å²) >= 11 is 0. The maximum atomic E-state index is 6.21. The van der Waals surface area contributed by atoms with Gasteiger partial charge in [-0.25, -0.2) is 0 Å². The summed E-state index contributed by atoms with van der Waals surface area (Å²) in [6.45, 7) is 0. The maximum Gasteiger partial charge on any atom is 0.135 e. The Balaban J connectivity index is 1.89. The minimum absolute atomic E-state index is 0.916. The molecule has 0 fully saturated rings. The van der Waals surface area contributed by atoms with Crippen LogP contribution in [-0.2, 0) is 0 Å². The van der Waals surface area contributed by atoms with Crippen molar-refractivity contribution in [3.8, 4) is 33.6 Å². The molecule has 1 heterocycles. The third kappa shape index (κ3) is 2.33. The lowest BCUT2D eigenvalue weighted by Gasteiger charge is -2.09. The normalized spacial score (nSPS) is 11.2. The highest BCUT2D eigenvalue weighted by Crippen LogP contribution is 2.45. The first-order valence-corrected chi connectivity index (χ1v) is 8.46. The summed E-state index contributed by atoms with van der Waals surface area (Å²) in [5, 5.41) is 1.12. The lowest BCUT2D eigenvalue weighted by atomic mass is 9.96. The molecule has 0 atom stereocenters. The number of para-hydroxylation sites is 1. The van der Waals surface area contributed by atoms with Gasteiger partial charge in [0.05, 0.1) is 0 Å². The van der Waals surface area contributed by atoms with Gasteiger partial charge in [0.25, 0.3) is 0 Å². The van der Waals surface area contributed by atoms with Crippen molar-refractivity contribution in [2.75, 3.05) is 0 Å². The largest absolute Gasteiger partial charge is 0.456 e. The van der Waals surface area contributed by atoms with E-state index in [0.717, 1.165) is 22.3 Å². The van der Waals surface area contributed by atoms with E-state index in [2.05, 4.69) is 72.8 Å². The third-order valence-electron chi connectivity index (χ3n) is 4.67. The lowest BCUT2D eigenvalue weighted by Crippen LogP contribution is -1.83. The van der Waals surface area contributed by atoms with Gasteiger partial charge in [-0.1, -0.05) is 78.9 Å². The number of hydrogen-bond donors (Lipinski definition) is 0. The standard InChI is InChI=1S/C24H16O/c1-3-9-17(10-4-1)20-16-23-21(24(20)18-11-5-2-6-12-18)15-19-13-7-8-14-22(19)25-23/h1-16H. The van der Waals surface area contributed by atoms with Gasteiger partial charge in [-0.3, -0.25) is 0 Å². The summed E-state index contributed by atoms with van der Waals surface area (Å²) in [5.41, 5.74) is 6.93. The smallest absolute Gasteiger partial charge is 0.135 e. The minimum Gasteiger partial charge on any atom is -0.456 e. The molecular formula is C24H16O. The molecule has 0 aromatic heterocycles. The van der Waals surface area contributed by atoms with Crippen molar-refractivity contribution >= 4 is 11.0 Å². The van der Waals surface area contributed by atoms with Crippen molar-refractivity contribution in [3.05, 3.63) is 97.1 Å². The van der Waals surface area contributed by atoms with E-state index in [0.29, 0.717) is 0 Å². The van der Waals surface area contributed by atoms with Crippen LogP contribution in [-0.4, -0.2) is 0 Å². The highest BCUT2D eigenvalue weighted by atomic mass is 16.3. The van der Waals surface area contributed by atoms with Gasteiger partial charge in [-0.05, 0) is 34.9 Å². The summed E-state index contributed by atoms with van der Waals surface area (Å²) in [7, 11) is 0. The van der Waals surface area contributed by atoms with Gasteiger partial charge in [-0.15, -0.1) is 0 Å². The summed E-state index contributed by atoms with van der Waals surface area (Å²) < 4.78 is 6.21. The van der Waals surface area contributed by atoms with Gasteiger partial charge in [0.2, 0.25) is 0 Å². The Kier molecular flexibility index (Phi) is 3.17. The van der Waals surface area contributed by atoms with E-state index in [1.54, 1.807) is 0 Å². The average Bonchev–Trinajstić information content (AvgIpc) is 3.06. The van der Waals surface area contributed by atoms with Crippen LogP contribution in [0.5, 0.6) is 0 Å². The van der Waals surface area contributed by atoms with Gasteiger partial charge in [0, 0.05) is 16.5 Å². The molecule has 1 aliphatic heterocycles. The van der Waals surface area contributed by atoms with E-state index in [4.69, 9.17) is 4.42 Å². The first-order chi connectivity index (χ1) is 12.4. The molecule has 0 saturated carbocycles. The molecule has 0 radical (unpaired) electrons. The Morgan fingerprint density at radius 1 is 0.520 bits per heavy atom. The zero-order valence-corrected chi connectivity index (χ0v) is 13.6. The Morgan fingerprint density at radius 3 is 1.92 bits per heavy atom. The second-order valence-electron chi connectivity index (χ2n) is 6.23. The highest BCUT2D eigenvalue weighted by Gasteiger charge is 2.21. The van der Waals surface area contributed by atoms with E-state index in [1.807, 2.05) is 24.3 Å². The molecule has 1 aliphatic carbocycles. The van der Waals surface area contributed by atoms with Crippen molar-refractivity contribution in [3.63, 3.8) is 0 Å². The van der Waals surface area contributed by atoms with E-state index in [1.165, 1.54) is 22.3 Å². The fraction of sp³-hybridized carbons (Fsp3) is 0. The predicted molar refractivity (Wildman–Crippen MR) is 104 cm³/mol. The zero-order valence-electron chi connectivity index (χ0n) is 13.6. The zero-order chi connectivity index (χ0) is 16.6. The van der Waals surface area contributed by atoms with Crippen LogP contribution in [0, 0.1) is 0 Å². The second kappa shape index (κ2) is 5.64. The van der Waals surface area contributed by atoms with Crippen LogP contribution in [0.4, 0.5) is 0 Å². The number of rotatable bonds is 2. The Morgan fingerprint density at radius 2 is 1.16 bits per heavy atom. The highest BCUT2D eigenvalue weighted by molar-refractivity contribution is 6.00. The van der Waals surface area contributed by atoms with E-state index < -0.39 is 0 Å². The van der Waals surface area contributed by atoms with Crippen molar-refractivity contribution < 1.29 is 4.42 Å². The molecule has 0 amide bonds. The van der Waals surface area contributed by atoms with Gasteiger partial charge in [0.1, 0.15) is 11.3 Å². The van der Waals surface area contributed by atoms with Gasteiger partial charge < -0.3 is 4.42 Å². The van der Waals surface area contributed by atoms with E-state index >= 15 is 0 Å². The molecule has 25 heavy (non-hydrogen) atoms. The molecule has 0 N–H and O–H groups in total. The third-order valence-corrected chi connectivity index (χ3v) is 4.67. The Bertz CT molecular complexity index is 1120. The topological polar surface area (TPSA) is 13.1 Å². The van der Waals surface area contributed by atoms with Crippen molar-refractivity contribution in [1.29, 1.82) is 0 Å². The van der Waals surface area contributed by atoms with Gasteiger partial charge in [0.15, 0.2) is 0 Å². The summed E-state index contributed by atoms with van der Waals surface area (Å²) in [5.74, 6) is 0.927. The maximum absolute atomic E-state index is 6.21. The monoisotopic (exact) mass is 320 g/mol. The number of benzene rings is 3. The number of hydrogen-bond acceptors (Lipinski definition) is 1. The van der Waals surface area contributed by atoms with Crippen molar-refractivity contribution in [1.82, 2.24) is 0 Å². The molecule has 3 aromatic rings. The minimum atomic E-state index is 0.916. The molecule has 2 aliphatic rings. The Labute approximate surface area is 146 Å². The predicted octanol–water partition coefficient (Wildman–Crippen LogP) is 6.87. The van der Waals surface area contributed by atoms with Crippen LogP contribution in [0.1, 0.15) is 0 Å². The van der Waals surface area contributed by atoms with Crippen LogP contribution in [0.15, 0.2) is 101 Å². The lowest BCUT2D eigenvalue weighted by molar-refractivity contribution is 0.622. The molecule has 0 saturated heterocycles.